The number of carbonyl (C=O) groups is 1. The van der Waals surface area contributed by atoms with Crippen molar-refractivity contribution in [1.82, 2.24) is 14.3 Å². The van der Waals surface area contributed by atoms with Crippen molar-refractivity contribution in [2.24, 2.45) is 0 Å². The number of amides is 1. The summed E-state index contributed by atoms with van der Waals surface area (Å²) in [4.78, 5) is 26.4. The van der Waals surface area contributed by atoms with E-state index in [1.807, 2.05) is 59.2 Å². The fourth-order valence-electron chi connectivity index (χ4n) is 4.26. The third kappa shape index (κ3) is 4.21. The second-order valence-electron chi connectivity index (χ2n) is 8.07. The van der Waals surface area contributed by atoms with E-state index in [9.17, 15) is 9.59 Å². The van der Waals surface area contributed by atoms with Gasteiger partial charge in [0, 0.05) is 28.9 Å². The number of aromatic nitrogens is 3. The molecule has 0 aliphatic heterocycles. The molecule has 1 N–H and O–H groups in total. The molecule has 0 aliphatic rings. The lowest BCUT2D eigenvalue weighted by Crippen LogP contribution is -2.30. The van der Waals surface area contributed by atoms with Gasteiger partial charge in [0.15, 0.2) is 0 Å². The molecule has 0 saturated carbocycles. The zero-order valence-electron chi connectivity index (χ0n) is 19.4. The van der Waals surface area contributed by atoms with E-state index in [0.29, 0.717) is 29.2 Å². The molecular formula is C27H24N4O4. The van der Waals surface area contributed by atoms with Crippen molar-refractivity contribution >= 4 is 33.4 Å². The molecule has 0 atom stereocenters. The van der Waals surface area contributed by atoms with Crippen LogP contribution < -0.4 is 20.3 Å². The summed E-state index contributed by atoms with van der Waals surface area (Å²) in [5.41, 5.74) is 2.68. The lowest BCUT2D eigenvalue weighted by atomic mass is 10.2. The molecule has 0 radical (unpaired) electrons. The van der Waals surface area contributed by atoms with Crippen molar-refractivity contribution in [3.05, 3.63) is 94.9 Å². The minimum Gasteiger partial charge on any atom is -0.497 e. The van der Waals surface area contributed by atoms with Gasteiger partial charge in [-0.3, -0.25) is 9.59 Å². The molecule has 176 valence electrons. The van der Waals surface area contributed by atoms with Crippen LogP contribution in [-0.2, 0) is 17.9 Å². The van der Waals surface area contributed by atoms with Crippen molar-refractivity contribution in [3.63, 3.8) is 0 Å². The summed E-state index contributed by atoms with van der Waals surface area (Å²) in [5, 5.41) is 8.80. The molecule has 8 heteroatoms. The van der Waals surface area contributed by atoms with Crippen LogP contribution in [0.5, 0.6) is 11.5 Å². The van der Waals surface area contributed by atoms with Gasteiger partial charge in [-0.2, -0.15) is 5.10 Å². The predicted molar refractivity (Wildman–Crippen MR) is 135 cm³/mol. The topological polar surface area (TPSA) is 87.4 Å². The number of anilines is 1. The third-order valence-corrected chi connectivity index (χ3v) is 5.93. The van der Waals surface area contributed by atoms with Gasteiger partial charge in [-0.05, 0) is 23.8 Å². The smallest absolute Gasteiger partial charge is 0.291 e. The number of rotatable bonds is 7. The first-order valence-corrected chi connectivity index (χ1v) is 11.1. The zero-order valence-corrected chi connectivity index (χ0v) is 19.4. The van der Waals surface area contributed by atoms with Crippen molar-refractivity contribution in [2.75, 3.05) is 19.5 Å². The molecule has 35 heavy (non-hydrogen) atoms. The van der Waals surface area contributed by atoms with Crippen molar-refractivity contribution in [3.8, 4) is 11.5 Å². The van der Waals surface area contributed by atoms with Crippen molar-refractivity contribution in [1.29, 1.82) is 0 Å². The molecule has 0 spiro atoms. The van der Waals surface area contributed by atoms with Gasteiger partial charge >= 0.3 is 0 Å². The average molecular weight is 469 g/mol. The molecule has 5 aromatic rings. The number of fused-ring (bicyclic) bond motifs is 3. The molecule has 1 amide bonds. The van der Waals surface area contributed by atoms with Gasteiger partial charge < -0.3 is 19.4 Å². The Hall–Kier alpha value is -4.59. The minimum atomic E-state index is -0.395. The van der Waals surface area contributed by atoms with Crippen LogP contribution in [0.3, 0.4) is 0 Å². The van der Waals surface area contributed by atoms with E-state index in [0.717, 1.165) is 21.9 Å². The van der Waals surface area contributed by atoms with E-state index in [4.69, 9.17) is 9.47 Å². The number of methoxy groups -OCH3 is 2. The third-order valence-electron chi connectivity index (χ3n) is 5.93. The second-order valence-corrected chi connectivity index (χ2v) is 8.07. The Morgan fingerprint density at radius 3 is 2.49 bits per heavy atom. The summed E-state index contributed by atoms with van der Waals surface area (Å²) in [6, 6.07) is 22.9. The van der Waals surface area contributed by atoms with E-state index in [-0.39, 0.29) is 12.1 Å². The van der Waals surface area contributed by atoms with E-state index in [2.05, 4.69) is 10.4 Å². The summed E-state index contributed by atoms with van der Waals surface area (Å²) in [5.74, 6) is 0.666. The average Bonchev–Trinajstić information content (AvgIpc) is 3.20. The number of carbonyl (C=O) groups excluding carboxylic acids is 1. The molecule has 3 aromatic carbocycles. The molecule has 0 fully saturated rings. The fourth-order valence-corrected chi connectivity index (χ4v) is 4.26. The Labute approximate surface area is 201 Å². The molecule has 2 aromatic heterocycles. The number of hydrogen-bond donors (Lipinski definition) is 1. The second kappa shape index (κ2) is 9.34. The van der Waals surface area contributed by atoms with Gasteiger partial charge in [-0.1, -0.05) is 48.5 Å². The fraction of sp³-hybridized carbons (Fsp3) is 0.148. The van der Waals surface area contributed by atoms with Gasteiger partial charge in [-0.15, -0.1) is 0 Å². The van der Waals surface area contributed by atoms with Crippen molar-refractivity contribution in [2.45, 2.75) is 13.1 Å². The van der Waals surface area contributed by atoms with E-state index in [1.165, 1.54) is 11.8 Å². The lowest BCUT2D eigenvalue weighted by Gasteiger charge is -2.12. The highest BCUT2D eigenvalue weighted by Crippen LogP contribution is 2.29. The first-order chi connectivity index (χ1) is 17.1. The molecule has 2 heterocycles. The number of nitrogens with zero attached hydrogens (tertiary/aromatic N) is 3. The van der Waals surface area contributed by atoms with E-state index in [1.54, 1.807) is 31.5 Å². The van der Waals surface area contributed by atoms with Crippen LogP contribution in [0.2, 0.25) is 0 Å². The van der Waals surface area contributed by atoms with Crippen LogP contribution in [0.25, 0.3) is 21.8 Å². The first kappa shape index (κ1) is 22.2. The minimum absolute atomic E-state index is 0.239. The first-order valence-electron chi connectivity index (χ1n) is 11.1. The summed E-state index contributed by atoms with van der Waals surface area (Å²) in [6.07, 6.45) is 1.65. The highest BCUT2D eigenvalue weighted by Gasteiger charge is 2.18. The van der Waals surface area contributed by atoms with Crippen LogP contribution in [0, 0.1) is 0 Å². The molecule has 0 saturated heterocycles. The number of benzene rings is 3. The highest BCUT2D eigenvalue weighted by molar-refractivity contribution is 6.07. The van der Waals surface area contributed by atoms with E-state index >= 15 is 0 Å². The number of ether oxygens (including phenoxy) is 2. The maximum Gasteiger partial charge on any atom is 0.291 e. The van der Waals surface area contributed by atoms with Crippen molar-refractivity contribution < 1.29 is 14.3 Å². The normalized spacial score (nSPS) is 11.0. The van der Waals surface area contributed by atoms with Crippen LogP contribution in [0.4, 0.5) is 5.69 Å². The molecule has 0 unspecified atom stereocenters. The summed E-state index contributed by atoms with van der Waals surface area (Å²) in [6.45, 7) is 0.288. The Bertz CT molecular complexity index is 1590. The largest absolute Gasteiger partial charge is 0.497 e. The molecule has 0 bridgehead atoms. The van der Waals surface area contributed by atoms with Gasteiger partial charge in [0.25, 0.3) is 5.56 Å². The Balaban J connectivity index is 1.52. The number of para-hydroxylation sites is 1. The SMILES string of the molecule is COc1ccc(NC(=O)Cn2ncc3c4ccccc4n(Cc4ccccc4)c3c2=O)c(OC)c1. The maximum atomic E-state index is 13.6. The highest BCUT2D eigenvalue weighted by atomic mass is 16.5. The molecule has 8 nitrogen and oxygen atoms in total. The quantitative estimate of drug-likeness (QED) is 0.389. The lowest BCUT2D eigenvalue weighted by molar-refractivity contribution is -0.117. The molecule has 0 aliphatic carbocycles. The predicted octanol–water partition coefficient (Wildman–Crippen LogP) is 4.06. The van der Waals surface area contributed by atoms with Crippen LogP contribution in [-0.4, -0.2) is 34.5 Å². The van der Waals surface area contributed by atoms with Gasteiger partial charge in [0.2, 0.25) is 5.91 Å². The van der Waals surface area contributed by atoms with Gasteiger partial charge in [0.05, 0.1) is 26.1 Å². The maximum absolute atomic E-state index is 13.6. The summed E-state index contributed by atoms with van der Waals surface area (Å²) in [7, 11) is 3.06. The Morgan fingerprint density at radius 1 is 0.943 bits per heavy atom. The van der Waals surface area contributed by atoms with Gasteiger partial charge in [0.1, 0.15) is 23.6 Å². The Kier molecular flexibility index (Phi) is 5.93. The number of nitrogens with one attached hydrogen (secondary N) is 1. The van der Waals surface area contributed by atoms with Crippen LogP contribution >= 0.6 is 0 Å². The standard InChI is InChI=1S/C27H24N4O4/c1-34-19-12-13-22(24(14-19)35-2)29-25(32)17-31-27(33)26-21(15-28-31)20-10-6-7-11-23(20)30(26)16-18-8-4-3-5-9-18/h3-15H,16-17H2,1-2H3,(H,29,32). The molecule has 5 rings (SSSR count). The zero-order chi connectivity index (χ0) is 24.4. The van der Waals surface area contributed by atoms with E-state index < -0.39 is 5.91 Å². The number of hydrogen-bond acceptors (Lipinski definition) is 5. The molecular weight excluding hydrogens is 444 g/mol. The monoisotopic (exact) mass is 468 g/mol. The Morgan fingerprint density at radius 2 is 1.71 bits per heavy atom. The summed E-state index contributed by atoms with van der Waals surface area (Å²) < 4.78 is 13.7. The van der Waals surface area contributed by atoms with Gasteiger partial charge in [-0.25, -0.2) is 4.68 Å². The summed E-state index contributed by atoms with van der Waals surface area (Å²) >= 11 is 0. The van der Waals surface area contributed by atoms with Crippen LogP contribution in [0.1, 0.15) is 5.56 Å². The van der Waals surface area contributed by atoms with Crippen LogP contribution in [0.15, 0.2) is 83.8 Å².